The quantitative estimate of drug-likeness (QED) is 0.0214. The third-order valence-corrected chi connectivity index (χ3v) is 13.1. The van der Waals surface area contributed by atoms with Crippen molar-refractivity contribution in [1.82, 2.24) is 0 Å². The van der Waals surface area contributed by atoms with Gasteiger partial charge in [0.2, 0.25) is 0 Å². The van der Waals surface area contributed by atoms with Gasteiger partial charge in [-0.25, -0.2) is 4.57 Å². The Morgan fingerprint density at radius 1 is 0.484 bits per heavy atom. The van der Waals surface area contributed by atoms with E-state index in [4.69, 9.17) is 18.5 Å². The van der Waals surface area contributed by atoms with Crippen molar-refractivity contribution >= 4 is 13.8 Å². The highest BCUT2D eigenvalue weighted by molar-refractivity contribution is 7.47. The molecule has 0 bridgehead atoms. The fourth-order valence-corrected chi connectivity index (χ4v) is 8.65. The van der Waals surface area contributed by atoms with E-state index in [-0.39, 0.29) is 25.8 Å². The molecule has 0 aromatic heterocycles. The summed E-state index contributed by atoms with van der Waals surface area (Å²) in [6.07, 6.45) is 54.0. The van der Waals surface area contributed by atoms with Crippen LogP contribution in [0.5, 0.6) is 0 Å². The molecule has 0 radical (unpaired) electrons. The minimum Gasteiger partial charge on any atom is -0.457 e. The lowest BCUT2D eigenvalue weighted by Gasteiger charge is -2.24. The number of unbranched alkanes of at least 4 members (excludes halogenated alkanes) is 35. The van der Waals surface area contributed by atoms with Gasteiger partial charge in [0.05, 0.1) is 34.4 Å². The van der Waals surface area contributed by atoms with Gasteiger partial charge in [0.15, 0.2) is 0 Å². The third kappa shape index (κ3) is 50.2. The zero-order valence-corrected chi connectivity index (χ0v) is 43.0. The molecule has 62 heavy (non-hydrogen) atoms. The number of esters is 1. The van der Waals surface area contributed by atoms with Crippen molar-refractivity contribution in [1.29, 1.82) is 0 Å². The number of rotatable bonds is 51. The van der Waals surface area contributed by atoms with Crippen LogP contribution in [0.1, 0.15) is 264 Å². The van der Waals surface area contributed by atoms with Crippen molar-refractivity contribution in [2.75, 3.05) is 54.1 Å². The summed E-state index contributed by atoms with van der Waals surface area (Å²) in [4.78, 5) is 23.0. The Hall–Kier alpha value is -0.760. The van der Waals surface area contributed by atoms with E-state index in [0.29, 0.717) is 24.1 Å². The molecular weight excluding hydrogens is 794 g/mol. The molecule has 0 saturated carbocycles. The van der Waals surface area contributed by atoms with E-state index < -0.39 is 13.9 Å². The van der Waals surface area contributed by atoms with E-state index in [2.05, 4.69) is 26.0 Å². The predicted molar refractivity (Wildman–Crippen MR) is 266 cm³/mol. The standard InChI is InChI=1S/C53H106NO7P/c1-6-8-10-12-14-16-18-20-22-23-24-25-26-27-28-29-30-31-32-34-36-38-40-42-44-46-53(55)61-52(51-60-62(56,57)59-49-47-54(3,4)5)50-58-48-45-43-41-39-37-35-33-21-19-17-15-13-11-9-7-2/h23-24,52H,6-22,25-51H2,1-5H3/p+1/b24-23-. The lowest BCUT2D eigenvalue weighted by molar-refractivity contribution is -0.870. The SMILES string of the molecule is CCCCCCCCCC/C=C\CCCCCCCCCCCCCCCC(=O)OC(COCCCCCCCCCCCCCCCCC)COP(=O)(O)OCC[N+](C)(C)C. The summed E-state index contributed by atoms with van der Waals surface area (Å²) in [6.45, 7) is 5.69. The van der Waals surface area contributed by atoms with Crippen molar-refractivity contribution in [3.8, 4) is 0 Å². The minimum atomic E-state index is -4.27. The summed E-state index contributed by atoms with van der Waals surface area (Å²) >= 11 is 0. The molecule has 0 rings (SSSR count). The van der Waals surface area contributed by atoms with Gasteiger partial charge in [-0.05, 0) is 38.5 Å². The van der Waals surface area contributed by atoms with Crippen LogP contribution in [0.25, 0.3) is 0 Å². The van der Waals surface area contributed by atoms with Crippen molar-refractivity contribution in [2.24, 2.45) is 0 Å². The van der Waals surface area contributed by atoms with Crippen LogP contribution in [0.4, 0.5) is 0 Å². The first kappa shape index (κ1) is 61.2. The Morgan fingerprint density at radius 3 is 1.23 bits per heavy atom. The van der Waals surface area contributed by atoms with Gasteiger partial charge in [0.25, 0.3) is 0 Å². The Kier molecular flexibility index (Phi) is 46.2. The number of hydrogen-bond donors (Lipinski definition) is 1. The number of quaternary nitrogens is 1. The Bertz CT molecular complexity index is 1000. The van der Waals surface area contributed by atoms with Crippen LogP contribution in [0, 0.1) is 0 Å². The highest BCUT2D eigenvalue weighted by atomic mass is 31.2. The average molecular weight is 901 g/mol. The van der Waals surface area contributed by atoms with Crippen molar-refractivity contribution in [3.63, 3.8) is 0 Å². The van der Waals surface area contributed by atoms with E-state index in [9.17, 15) is 14.3 Å². The van der Waals surface area contributed by atoms with E-state index in [1.165, 1.54) is 212 Å². The highest BCUT2D eigenvalue weighted by Gasteiger charge is 2.26. The molecule has 0 aliphatic rings. The third-order valence-electron chi connectivity index (χ3n) is 12.1. The zero-order chi connectivity index (χ0) is 45.5. The molecule has 9 heteroatoms. The summed E-state index contributed by atoms with van der Waals surface area (Å²) in [5.74, 6) is -0.307. The normalized spacial score (nSPS) is 13.6. The van der Waals surface area contributed by atoms with Crippen LogP contribution in [-0.4, -0.2) is 75.6 Å². The molecule has 2 unspecified atom stereocenters. The van der Waals surface area contributed by atoms with Gasteiger partial charge in [-0.2, -0.15) is 0 Å². The molecule has 0 aromatic carbocycles. The number of allylic oxidation sites excluding steroid dienone is 2. The Labute approximate surface area is 386 Å². The topological polar surface area (TPSA) is 91.3 Å². The van der Waals surface area contributed by atoms with Crippen LogP contribution in [0.2, 0.25) is 0 Å². The molecule has 0 fully saturated rings. The molecule has 370 valence electrons. The van der Waals surface area contributed by atoms with Crippen LogP contribution >= 0.6 is 7.82 Å². The number of hydrogen-bond acceptors (Lipinski definition) is 6. The first-order valence-corrected chi connectivity index (χ1v) is 28.4. The second-order valence-electron chi connectivity index (χ2n) is 19.6. The highest BCUT2D eigenvalue weighted by Crippen LogP contribution is 2.43. The second-order valence-corrected chi connectivity index (χ2v) is 21.1. The molecule has 0 spiro atoms. The van der Waals surface area contributed by atoms with Crippen molar-refractivity contribution in [3.05, 3.63) is 12.2 Å². The number of carbonyl (C=O) groups is 1. The lowest BCUT2D eigenvalue weighted by Crippen LogP contribution is -2.37. The molecule has 0 heterocycles. The molecule has 2 atom stereocenters. The van der Waals surface area contributed by atoms with E-state index >= 15 is 0 Å². The molecule has 0 saturated heterocycles. The van der Waals surface area contributed by atoms with E-state index in [0.717, 1.165) is 32.1 Å². The number of phosphoric acid groups is 1. The number of carbonyl (C=O) groups excluding carboxylic acids is 1. The molecular formula is C53H107NO7P+. The summed E-state index contributed by atoms with van der Waals surface area (Å²) < 4.78 is 35.2. The first-order chi connectivity index (χ1) is 30.1. The molecule has 0 aliphatic heterocycles. The molecule has 0 aromatic rings. The number of likely N-dealkylation sites (N-methyl/N-ethyl adjacent to an activating group) is 1. The summed E-state index contributed by atoms with van der Waals surface area (Å²) in [6, 6.07) is 0. The van der Waals surface area contributed by atoms with Crippen molar-refractivity contribution < 1.29 is 37.3 Å². The summed E-state index contributed by atoms with van der Waals surface area (Å²) in [7, 11) is 1.69. The monoisotopic (exact) mass is 901 g/mol. The van der Waals surface area contributed by atoms with Gasteiger partial charge >= 0.3 is 13.8 Å². The minimum absolute atomic E-state index is 0.0926. The van der Waals surface area contributed by atoms with E-state index in [1.54, 1.807) is 0 Å². The maximum Gasteiger partial charge on any atom is 0.472 e. The largest absolute Gasteiger partial charge is 0.472 e. The van der Waals surface area contributed by atoms with Gasteiger partial charge in [-0.15, -0.1) is 0 Å². The fraction of sp³-hybridized carbons (Fsp3) is 0.943. The van der Waals surface area contributed by atoms with Gasteiger partial charge in [0.1, 0.15) is 19.3 Å². The lowest BCUT2D eigenvalue weighted by atomic mass is 10.0. The molecule has 0 aliphatic carbocycles. The number of nitrogens with zero attached hydrogens (tertiary/aromatic N) is 1. The number of ether oxygens (including phenoxy) is 2. The maximum atomic E-state index is 12.8. The molecule has 8 nitrogen and oxygen atoms in total. The van der Waals surface area contributed by atoms with Crippen LogP contribution < -0.4 is 0 Å². The van der Waals surface area contributed by atoms with Crippen LogP contribution in [-0.2, 0) is 27.9 Å². The number of phosphoric ester groups is 1. The molecule has 0 amide bonds. The zero-order valence-electron chi connectivity index (χ0n) is 42.1. The average Bonchev–Trinajstić information content (AvgIpc) is 3.23. The summed E-state index contributed by atoms with van der Waals surface area (Å²) in [5, 5.41) is 0. The Balaban J connectivity index is 4.03. The van der Waals surface area contributed by atoms with E-state index in [1.807, 2.05) is 21.1 Å². The van der Waals surface area contributed by atoms with Gasteiger partial charge in [-0.3, -0.25) is 13.8 Å². The summed E-state index contributed by atoms with van der Waals surface area (Å²) in [5.41, 5.74) is 0. The van der Waals surface area contributed by atoms with Gasteiger partial charge in [-0.1, -0.05) is 231 Å². The van der Waals surface area contributed by atoms with Gasteiger partial charge < -0.3 is 18.9 Å². The van der Waals surface area contributed by atoms with Crippen LogP contribution in [0.3, 0.4) is 0 Å². The smallest absolute Gasteiger partial charge is 0.457 e. The fourth-order valence-electron chi connectivity index (χ4n) is 7.90. The van der Waals surface area contributed by atoms with Gasteiger partial charge in [0, 0.05) is 13.0 Å². The van der Waals surface area contributed by atoms with Crippen LogP contribution in [0.15, 0.2) is 12.2 Å². The first-order valence-electron chi connectivity index (χ1n) is 26.9. The van der Waals surface area contributed by atoms with Crippen molar-refractivity contribution in [2.45, 2.75) is 270 Å². The second kappa shape index (κ2) is 46.8. The molecule has 1 N–H and O–H groups in total. The maximum absolute atomic E-state index is 12.8. The Morgan fingerprint density at radius 2 is 0.839 bits per heavy atom. The predicted octanol–water partition coefficient (Wildman–Crippen LogP) is 16.6.